The van der Waals surface area contributed by atoms with Crippen LogP contribution in [0.2, 0.25) is 0 Å². The van der Waals surface area contributed by atoms with Gasteiger partial charge in [-0.05, 0) is 17.7 Å². The molecular weight excluding hydrogens is 166 g/mol. The molecule has 0 aliphatic carbocycles. The van der Waals surface area contributed by atoms with Crippen LogP contribution in [-0.2, 0) is 4.74 Å². The molecule has 13 heavy (non-hydrogen) atoms. The van der Waals surface area contributed by atoms with E-state index < -0.39 is 6.10 Å². The largest absolute Gasteiger partial charge is 0.497 e. The Labute approximate surface area is 77.5 Å². The summed E-state index contributed by atoms with van der Waals surface area (Å²) in [5.74, 6) is 0.731. The third-order valence-corrected chi connectivity index (χ3v) is 1.75. The molecule has 0 aromatic heterocycles. The highest BCUT2D eigenvalue weighted by atomic mass is 16.5. The minimum absolute atomic E-state index is 0.518. The quantitative estimate of drug-likeness (QED) is 0.708. The minimum atomic E-state index is -0.518. The number of ether oxygens (including phenoxy) is 2. The number of nitriles is 1. The number of hydrogen-bond acceptors (Lipinski definition) is 3. The summed E-state index contributed by atoms with van der Waals surface area (Å²) in [7, 11) is 3.10. The average molecular weight is 177 g/mol. The molecule has 3 heteroatoms. The molecule has 1 aromatic carbocycles. The van der Waals surface area contributed by atoms with E-state index in [9.17, 15) is 0 Å². The third kappa shape index (κ3) is 2.20. The Bertz CT molecular complexity index is 317. The zero-order chi connectivity index (χ0) is 9.68. The van der Waals surface area contributed by atoms with E-state index >= 15 is 0 Å². The molecule has 0 saturated carbocycles. The van der Waals surface area contributed by atoms with Crippen LogP contribution in [0.15, 0.2) is 24.3 Å². The highest BCUT2D eigenvalue weighted by Crippen LogP contribution is 2.20. The maximum atomic E-state index is 8.73. The first-order chi connectivity index (χ1) is 6.31. The summed E-state index contributed by atoms with van der Waals surface area (Å²) >= 11 is 0. The van der Waals surface area contributed by atoms with Gasteiger partial charge in [0.1, 0.15) is 5.75 Å². The first-order valence-electron chi connectivity index (χ1n) is 3.88. The number of methoxy groups -OCH3 is 2. The lowest BCUT2D eigenvalue weighted by Crippen LogP contribution is -1.98. The molecule has 0 spiro atoms. The van der Waals surface area contributed by atoms with Crippen molar-refractivity contribution in [1.29, 1.82) is 5.26 Å². The summed E-state index contributed by atoms with van der Waals surface area (Å²) in [5, 5.41) is 8.73. The topological polar surface area (TPSA) is 42.2 Å². The van der Waals surface area contributed by atoms with E-state index in [1.807, 2.05) is 24.3 Å². The zero-order valence-corrected chi connectivity index (χ0v) is 7.65. The van der Waals surface area contributed by atoms with Crippen molar-refractivity contribution >= 4 is 0 Å². The molecule has 0 saturated heterocycles. The minimum Gasteiger partial charge on any atom is -0.497 e. The van der Waals surface area contributed by atoms with Crippen LogP contribution < -0.4 is 4.74 Å². The van der Waals surface area contributed by atoms with Crippen molar-refractivity contribution in [3.63, 3.8) is 0 Å². The Balaban J connectivity index is 2.94. The zero-order valence-electron chi connectivity index (χ0n) is 7.65. The molecule has 0 unspecified atom stereocenters. The van der Waals surface area contributed by atoms with Crippen LogP contribution in [0.3, 0.4) is 0 Å². The van der Waals surface area contributed by atoms with Crippen molar-refractivity contribution in [2.24, 2.45) is 0 Å². The lowest BCUT2D eigenvalue weighted by molar-refractivity contribution is 0.148. The Morgan fingerprint density at radius 3 is 2.69 bits per heavy atom. The first-order valence-corrected chi connectivity index (χ1v) is 3.88. The van der Waals surface area contributed by atoms with Gasteiger partial charge in [-0.25, -0.2) is 0 Å². The molecule has 1 aromatic rings. The molecule has 1 rings (SSSR count). The van der Waals surface area contributed by atoms with Crippen molar-refractivity contribution in [1.82, 2.24) is 0 Å². The van der Waals surface area contributed by atoms with Gasteiger partial charge in [0.25, 0.3) is 0 Å². The molecular formula is C10H11NO2. The predicted octanol–water partition coefficient (Wildman–Crippen LogP) is 1.91. The van der Waals surface area contributed by atoms with Gasteiger partial charge in [0.2, 0.25) is 0 Å². The van der Waals surface area contributed by atoms with Crippen LogP contribution >= 0.6 is 0 Å². The fourth-order valence-electron chi connectivity index (χ4n) is 1.07. The molecule has 0 heterocycles. The van der Waals surface area contributed by atoms with Gasteiger partial charge < -0.3 is 9.47 Å². The molecule has 3 nitrogen and oxygen atoms in total. The fourth-order valence-corrected chi connectivity index (χ4v) is 1.07. The van der Waals surface area contributed by atoms with E-state index in [4.69, 9.17) is 14.7 Å². The van der Waals surface area contributed by atoms with E-state index in [0.29, 0.717) is 0 Å². The summed E-state index contributed by atoms with van der Waals surface area (Å²) < 4.78 is 10.00. The lowest BCUT2D eigenvalue weighted by atomic mass is 10.1. The number of nitrogens with zero attached hydrogens (tertiary/aromatic N) is 1. The van der Waals surface area contributed by atoms with Gasteiger partial charge in [0.05, 0.1) is 13.2 Å². The van der Waals surface area contributed by atoms with Crippen LogP contribution in [0, 0.1) is 11.3 Å². The van der Waals surface area contributed by atoms with E-state index in [2.05, 4.69) is 0 Å². The maximum absolute atomic E-state index is 8.73. The van der Waals surface area contributed by atoms with Gasteiger partial charge in [0, 0.05) is 7.11 Å². The van der Waals surface area contributed by atoms with Gasteiger partial charge in [-0.15, -0.1) is 0 Å². The van der Waals surface area contributed by atoms with Crippen LogP contribution in [0.1, 0.15) is 11.7 Å². The number of rotatable bonds is 3. The monoisotopic (exact) mass is 177 g/mol. The first kappa shape index (κ1) is 9.56. The van der Waals surface area contributed by atoms with Gasteiger partial charge >= 0.3 is 0 Å². The van der Waals surface area contributed by atoms with Crippen molar-refractivity contribution < 1.29 is 9.47 Å². The Hall–Kier alpha value is -1.53. The highest BCUT2D eigenvalue weighted by molar-refractivity contribution is 5.31. The van der Waals surface area contributed by atoms with Crippen LogP contribution in [0.25, 0.3) is 0 Å². The summed E-state index contributed by atoms with van der Waals surface area (Å²) in [6, 6.07) is 9.32. The molecule has 0 N–H and O–H groups in total. The highest BCUT2D eigenvalue weighted by Gasteiger charge is 2.08. The van der Waals surface area contributed by atoms with Crippen molar-refractivity contribution in [3.8, 4) is 11.8 Å². The van der Waals surface area contributed by atoms with Crippen molar-refractivity contribution in [3.05, 3.63) is 29.8 Å². The lowest BCUT2D eigenvalue weighted by Gasteiger charge is -2.08. The summed E-state index contributed by atoms with van der Waals surface area (Å²) in [6.07, 6.45) is -0.518. The summed E-state index contributed by atoms with van der Waals surface area (Å²) in [6.45, 7) is 0. The van der Waals surface area contributed by atoms with E-state index in [1.165, 1.54) is 7.11 Å². The molecule has 0 bridgehead atoms. The molecule has 0 aliphatic heterocycles. The maximum Gasteiger partial charge on any atom is 0.168 e. The van der Waals surface area contributed by atoms with Gasteiger partial charge in [-0.3, -0.25) is 0 Å². The smallest absolute Gasteiger partial charge is 0.168 e. The van der Waals surface area contributed by atoms with Crippen LogP contribution in [0.4, 0.5) is 0 Å². The summed E-state index contributed by atoms with van der Waals surface area (Å²) in [5.41, 5.74) is 0.810. The standard InChI is InChI=1S/C10H11NO2/c1-12-9-5-3-4-8(6-9)10(7-11)13-2/h3-6,10H,1-2H3/t10-/m0/s1. The second kappa shape index (κ2) is 4.48. The Kier molecular flexibility index (Phi) is 3.30. The second-order valence-corrected chi connectivity index (χ2v) is 2.52. The molecule has 68 valence electrons. The van der Waals surface area contributed by atoms with E-state index in [0.717, 1.165) is 11.3 Å². The number of hydrogen-bond donors (Lipinski definition) is 0. The summed E-state index contributed by atoms with van der Waals surface area (Å²) in [4.78, 5) is 0. The van der Waals surface area contributed by atoms with Gasteiger partial charge in [-0.2, -0.15) is 5.26 Å². The average Bonchev–Trinajstić information content (AvgIpc) is 2.20. The van der Waals surface area contributed by atoms with Crippen molar-refractivity contribution in [2.45, 2.75) is 6.10 Å². The van der Waals surface area contributed by atoms with Crippen LogP contribution in [0.5, 0.6) is 5.75 Å². The molecule has 0 aliphatic rings. The Morgan fingerprint density at radius 2 is 2.15 bits per heavy atom. The normalized spacial score (nSPS) is 11.8. The number of benzene rings is 1. The molecule has 0 amide bonds. The van der Waals surface area contributed by atoms with Crippen molar-refractivity contribution in [2.75, 3.05) is 14.2 Å². The Morgan fingerprint density at radius 1 is 1.38 bits per heavy atom. The van der Waals surface area contributed by atoms with E-state index in [1.54, 1.807) is 13.2 Å². The van der Waals surface area contributed by atoms with Gasteiger partial charge in [-0.1, -0.05) is 12.1 Å². The van der Waals surface area contributed by atoms with Gasteiger partial charge in [0.15, 0.2) is 6.10 Å². The third-order valence-electron chi connectivity index (χ3n) is 1.75. The fraction of sp³-hybridized carbons (Fsp3) is 0.300. The SMILES string of the molecule is COc1cccc([C@H](C#N)OC)c1. The van der Waals surface area contributed by atoms with E-state index in [-0.39, 0.29) is 0 Å². The molecule has 1 atom stereocenters. The molecule has 0 fully saturated rings. The predicted molar refractivity (Wildman–Crippen MR) is 48.4 cm³/mol. The van der Waals surface area contributed by atoms with Crippen LogP contribution in [-0.4, -0.2) is 14.2 Å². The second-order valence-electron chi connectivity index (χ2n) is 2.52. The molecule has 0 radical (unpaired) electrons.